The van der Waals surface area contributed by atoms with Crippen LogP contribution >= 0.6 is 0 Å². The third-order valence-electron chi connectivity index (χ3n) is 6.88. The molecule has 0 radical (unpaired) electrons. The standard InChI is InChI=1S/C26H26N4O4/c1-26(2,19-13-27-20-6-4-3-5-17(19)20)25(34)28-12-15-7-8-16-14-30(24(33)18(16)11-15)21-9-10-22(31)29-23(21)32/h3-8,11,13,21,27H,9-10,12,14H2,1-2H3,(H,28,34)(H,29,31,32). The molecule has 1 atom stereocenters. The number of carbonyl (C=O) groups excluding carboxylic acids is 4. The van der Waals surface area contributed by atoms with E-state index in [-0.39, 0.29) is 30.7 Å². The summed E-state index contributed by atoms with van der Waals surface area (Å²) in [5, 5.41) is 6.33. The Morgan fingerprint density at radius 3 is 2.74 bits per heavy atom. The molecule has 2 aromatic carbocycles. The van der Waals surface area contributed by atoms with Crippen LogP contribution in [0.15, 0.2) is 48.7 Å². The van der Waals surface area contributed by atoms with Gasteiger partial charge in [0.2, 0.25) is 17.7 Å². The summed E-state index contributed by atoms with van der Waals surface area (Å²) in [5.74, 6) is -1.07. The quantitative estimate of drug-likeness (QED) is 0.510. The van der Waals surface area contributed by atoms with Crippen molar-refractivity contribution >= 4 is 34.5 Å². The molecule has 3 heterocycles. The molecule has 2 aliphatic heterocycles. The maximum atomic E-state index is 13.1. The number of fused-ring (bicyclic) bond motifs is 2. The lowest BCUT2D eigenvalue weighted by molar-refractivity contribution is -0.137. The Hall–Kier alpha value is -3.94. The minimum atomic E-state index is -0.755. The van der Waals surface area contributed by atoms with Crippen LogP contribution in [0.3, 0.4) is 0 Å². The number of rotatable bonds is 5. The highest BCUT2D eigenvalue weighted by Crippen LogP contribution is 2.31. The highest BCUT2D eigenvalue weighted by molar-refractivity contribution is 6.05. The summed E-state index contributed by atoms with van der Waals surface area (Å²) in [6.45, 7) is 4.40. The highest BCUT2D eigenvalue weighted by atomic mass is 16.2. The van der Waals surface area contributed by atoms with Crippen molar-refractivity contribution in [2.45, 2.75) is 51.2 Å². The fraction of sp³-hybridized carbons (Fsp3) is 0.308. The molecule has 1 unspecified atom stereocenters. The average molecular weight is 459 g/mol. The summed E-state index contributed by atoms with van der Waals surface area (Å²) in [7, 11) is 0. The van der Waals surface area contributed by atoms with Crippen molar-refractivity contribution in [2.75, 3.05) is 0 Å². The Labute approximate surface area is 196 Å². The molecule has 174 valence electrons. The smallest absolute Gasteiger partial charge is 0.255 e. The van der Waals surface area contributed by atoms with E-state index in [4.69, 9.17) is 0 Å². The third-order valence-corrected chi connectivity index (χ3v) is 6.88. The third kappa shape index (κ3) is 3.65. The minimum absolute atomic E-state index is 0.116. The molecule has 0 aliphatic carbocycles. The molecule has 1 fully saturated rings. The molecule has 0 saturated carbocycles. The van der Waals surface area contributed by atoms with E-state index in [1.54, 1.807) is 6.07 Å². The number of piperidine rings is 1. The molecule has 1 aromatic heterocycles. The first-order valence-electron chi connectivity index (χ1n) is 11.4. The van der Waals surface area contributed by atoms with E-state index in [1.807, 2.05) is 56.4 Å². The zero-order valence-corrected chi connectivity index (χ0v) is 19.1. The summed E-state index contributed by atoms with van der Waals surface area (Å²) < 4.78 is 0. The fourth-order valence-corrected chi connectivity index (χ4v) is 4.83. The minimum Gasteiger partial charge on any atom is -0.361 e. The molecular formula is C26H26N4O4. The molecular weight excluding hydrogens is 432 g/mol. The number of nitrogens with zero attached hydrogens (tertiary/aromatic N) is 1. The number of hydrogen-bond donors (Lipinski definition) is 3. The number of para-hydroxylation sites is 1. The first-order chi connectivity index (χ1) is 16.3. The van der Waals surface area contributed by atoms with Gasteiger partial charge in [-0.3, -0.25) is 24.5 Å². The van der Waals surface area contributed by atoms with Crippen LogP contribution < -0.4 is 10.6 Å². The van der Waals surface area contributed by atoms with Crippen molar-refractivity contribution in [2.24, 2.45) is 0 Å². The van der Waals surface area contributed by atoms with Gasteiger partial charge in [0.25, 0.3) is 5.91 Å². The van der Waals surface area contributed by atoms with Gasteiger partial charge in [0, 0.05) is 42.2 Å². The number of imide groups is 1. The second kappa shape index (κ2) is 8.13. The van der Waals surface area contributed by atoms with Crippen LogP contribution in [0.25, 0.3) is 10.9 Å². The second-order valence-electron chi connectivity index (χ2n) is 9.45. The molecule has 1 saturated heterocycles. The number of benzene rings is 2. The number of aromatic nitrogens is 1. The van der Waals surface area contributed by atoms with Gasteiger partial charge in [0.05, 0.1) is 5.41 Å². The summed E-state index contributed by atoms with van der Waals surface area (Å²) in [5.41, 5.74) is 3.33. The van der Waals surface area contributed by atoms with E-state index < -0.39 is 17.4 Å². The van der Waals surface area contributed by atoms with Gasteiger partial charge in [0.1, 0.15) is 6.04 Å². The zero-order chi connectivity index (χ0) is 24.0. The Morgan fingerprint density at radius 1 is 1.15 bits per heavy atom. The average Bonchev–Trinajstić information content (AvgIpc) is 3.39. The molecule has 34 heavy (non-hydrogen) atoms. The number of H-pyrrole nitrogens is 1. The largest absolute Gasteiger partial charge is 0.361 e. The maximum Gasteiger partial charge on any atom is 0.255 e. The second-order valence-corrected chi connectivity index (χ2v) is 9.45. The normalized spacial score (nSPS) is 18.2. The Kier molecular flexibility index (Phi) is 5.23. The van der Waals surface area contributed by atoms with E-state index in [2.05, 4.69) is 15.6 Å². The van der Waals surface area contributed by atoms with Gasteiger partial charge in [-0.2, -0.15) is 0 Å². The van der Waals surface area contributed by atoms with Crippen LogP contribution in [0, 0.1) is 0 Å². The molecule has 5 rings (SSSR count). The summed E-state index contributed by atoms with van der Waals surface area (Å²) in [4.78, 5) is 54.6. The Balaban J connectivity index is 1.29. The molecule has 2 aliphatic rings. The Bertz CT molecular complexity index is 1340. The molecule has 8 heteroatoms. The van der Waals surface area contributed by atoms with Crippen LogP contribution in [-0.2, 0) is 32.9 Å². The molecule has 3 N–H and O–H groups in total. The van der Waals surface area contributed by atoms with E-state index in [1.165, 1.54) is 4.90 Å². The van der Waals surface area contributed by atoms with Crippen molar-refractivity contribution in [1.82, 2.24) is 20.5 Å². The predicted molar refractivity (Wildman–Crippen MR) is 126 cm³/mol. The molecule has 4 amide bonds. The van der Waals surface area contributed by atoms with Gasteiger partial charge in [-0.15, -0.1) is 0 Å². The summed E-state index contributed by atoms with van der Waals surface area (Å²) in [6, 6.07) is 12.8. The maximum absolute atomic E-state index is 13.1. The number of carbonyl (C=O) groups is 4. The molecule has 0 bridgehead atoms. The van der Waals surface area contributed by atoms with Crippen LogP contribution in [0.4, 0.5) is 0 Å². The SMILES string of the molecule is CC(C)(C(=O)NCc1ccc2c(c1)C(=O)N(C1CCC(=O)NC1=O)C2)c1c[nH]c2ccccc12. The van der Waals surface area contributed by atoms with E-state index in [0.29, 0.717) is 18.5 Å². The van der Waals surface area contributed by atoms with Crippen LogP contribution in [0.1, 0.15) is 53.7 Å². The predicted octanol–water partition coefficient (Wildman–Crippen LogP) is 2.52. The van der Waals surface area contributed by atoms with E-state index >= 15 is 0 Å². The van der Waals surface area contributed by atoms with Crippen molar-refractivity contribution < 1.29 is 19.2 Å². The molecule has 0 spiro atoms. The topological polar surface area (TPSA) is 111 Å². The van der Waals surface area contributed by atoms with Gasteiger partial charge in [-0.25, -0.2) is 0 Å². The molecule has 8 nitrogen and oxygen atoms in total. The number of aromatic amines is 1. The first kappa shape index (κ1) is 21.9. The lowest BCUT2D eigenvalue weighted by Crippen LogP contribution is -2.52. The van der Waals surface area contributed by atoms with Gasteiger partial charge < -0.3 is 15.2 Å². The summed E-state index contributed by atoms with van der Waals surface area (Å²) >= 11 is 0. The van der Waals surface area contributed by atoms with Crippen molar-refractivity contribution in [1.29, 1.82) is 0 Å². The summed E-state index contributed by atoms with van der Waals surface area (Å²) in [6.07, 6.45) is 2.43. The number of amides is 4. The van der Waals surface area contributed by atoms with Gasteiger partial charge in [-0.1, -0.05) is 30.3 Å². The van der Waals surface area contributed by atoms with E-state index in [0.717, 1.165) is 27.6 Å². The monoisotopic (exact) mass is 458 g/mol. The van der Waals surface area contributed by atoms with Gasteiger partial charge >= 0.3 is 0 Å². The first-order valence-corrected chi connectivity index (χ1v) is 11.4. The van der Waals surface area contributed by atoms with Crippen LogP contribution in [-0.4, -0.2) is 39.6 Å². The number of hydrogen-bond acceptors (Lipinski definition) is 4. The fourth-order valence-electron chi connectivity index (χ4n) is 4.83. The Morgan fingerprint density at radius 2 is 1.94 bits per heavy atom. The van der Waals surface area contributed by atoms with Gasteiger partial charge in [0.15, 0.2) is 0 Å². The van der Waals surface area contributed by atoms with Crippen LogP contribution in [0.2, 0.25) is 0 Å². The van der Waals surface area contributed by atoms with Crippen molar-refractivity contribution in [3.05, 3.63) is 70.9 Å². The van der Waals surface area contributed by atoms with E-state index in [9.17, 15) is 19.2 Å². The lowest BCUT2D eigenvalue weighted by atomic mass is 9.83. The lowest BCUT2D eigenvalue weighted by Gasteiger charge is -2.29. The van der Waals surface area contributed by atoms with Crippen molar-refractivity contribution in [3.63, 3.8) is 0 Å². The highest BCUT2D eigenvalue weighted by Gasteiger charge is 2.39. The molecule has 3 aromatic rings. The van der Waals surface area contributed by atoms with Gasteiger partial charge in [-0.05, 0) is 49.1 Å². The zero-order valence-electron chi connectivity index (χ0n) is 19.1. The number of nitrogens with one attached hydrogen (secondary N) is 3. The van der Waals surface area contributed by atoms with Crippen LogP contribution in [0.5, 0.6) is 0 Å². The van der Waals surface area contributed by atoms with Crippen molar-refractivity contribution in [3.8, 4) is 0 Å².